The molecule has 0 aliphatic carbocycles. The van der Waals surface area contributed by atoms with E-state index >= 15 is 0 Å². The molecule has 0 radical (unpaired) electrons. The Hall–Kier alpha value is -1.62. The molecule has 2 aromatic heterocycles. The number of aromatic amines is 1. The van der Waals surface area contributed by atoms with Crippen LogP contribution in [0.3, 0.4) is 0 Å². The Morgan fingerprint density at radius 1 is 1.50 bits per heavy atom. The van der Waals surface area contributed by atoms with Crippen molar-refractivity contribution < 1.29 is 0 Å². The van der Waals surface area contributed by atoms with E-state index in [1.165, 1.54) is 19.4 Å². The highest BCUT2D eigenvalue weighted by molar-refractivity contribution is 5.37. The smallest absolute Gasteiger partial charge is 0.257 e. The molecule has 1 unspecified atom stereocenters. The third-order valence-corrected chi connectivity index (χ3v) is 3.71. The molecule has 5 nitrogen and oxygen atoms in total. The van der Waals surface area contributed by atoms with Crippen molar-refractivity contribution in [2.24, 2.45) is 5.92 Å². The van der Waals surface area contributed by atoms with Crippen LogP contribution in [0.4, 0.5) is 0 Å². The lowest BCUT2D eigenvalue weighted by Crippen LogP contribution is -2.33. The third kappa shape index (κ3) is 2.06. The number of H-pyrrole nitrogens is 1. The van der Waals surface area contributed by atoms with Gasteiger partial charge in [0.25, 0.3) is 5.56 Å². The Balaban J connectivity index is 1.88. The first kappa shape index (κ1) is 11.5. The van der Waals surface area contributed by atoms with Crippen molar-refractivity contribution in [3.8, 4) is 0 Å². The molecule has 0 aromatic carbocycles. The molecular weight excluding hydrogens is 228 g/mol. The fourth-order valence-corrected chi connectivity index (χ4v) is 2.85. The van der Waals surface area contributed by atoms with Crippen molar-refractivity contribution in [2.45, 2.75) is 19.3 Å². The Labute approximate surface area is 105 Å². The molecule has 1 N–H and O–H groups in total. The maximum Gasteiger partial charge on any atom is 0.257 e. The number of nitrogens with one attached hydrogen (secondary N) is 1. The van der Waals surface area contributed by atoms with E-state index in [1.807, 2.05) is 6.07 Å². The lowest BCUT2D eigenvalue weighted by atomic mass is 9.95. The Morgan fingerprint density at radius 2 is 2.39 bits per heavy atom. The first-order valence-corrected chi connectivity index (χ1v) is 6.47. The number of fused-ring (bicyclic) bond motifs is 1. The summed E-state index contributed by atoms with van der Waals surface area (Å²) < 4.78 is 1.69. The average Bonchev–Trinajstić information content (AvgIpc) is 2.74. The van der Waals surface area contributed by atoms with Gasteiger partial charge in [-0.05, 0) is 38.4 Å². The van der Waals surface area contributed by atoms with E-state index in [-0.39, 0.29) is 5.56 Å². The largest absolute Gasteiger partial charge is 0.306 e. The summed E-state index contributed by atoms with van der Waals surface area (Å²) in [5, 5.41) is 7.22. The van der Waals surface area contributed by atoms with Gasteiger partial charge in [-0.3, -0.25) is 9.89 Å². The zero-order valence-electron chi connectivity index (χ0n) is 10.6. The van der Waals surface area contributed by atoms with Crippen LogP contribution in [0.1, 0.15) is 18.7 Å². The molecule has 2 aromatic rings. The second kappa shape index (κ2) is 4.57. The van der Waals surface area contributed by atoms with Crippen molar-refractivity contribution in [3.63, 3.8) is 0 Å². The van der Waals surface area contributed by atoms with E-state index in [9.17, 15) is 4.79 Å². The molecule has 0 saturated carbocycles. The van der Waals surface area contributed by atoms with Gasteiger partial charge in [0.05, 0.1) is 0 Å². The number of piperidine rings is 1. The van der Waals surface area contributed by atoms with E-state index < -0.39 is 0 Å². The van der Waals surface area contributed by atoms with E-state index in [2.05, 4.69) is 22.1 Å². The van der Waals surface area contributed by atoms with Gasteiger partial charge in [-0.1, -0.05) is 6.07 Å². The minimum Gasteiger partial charge on any atom is -0.306 e. The summed E-state index contributed by atoms with van der Waals surface area (Å²) in [4.78, 5) is 14.2. The number of rotatable bonds is 2. The molecule has 1 fully saturated rings. The normalized spacial score (nSPS) is 21.5. The molecular formula is C13H18N4O. The highest BCUT2D eigenvalue weighted by atomic mass is 16.1. The zero-order chi connectivity index (χ0) is 12.5. The molecule has 3 heterocycles. The first-order chi connectivity index (χ1) is 8.74. The van der Waals surface area contributed by atoms with Crippen LogP contribution < -0.4 is 5.56 Å². The van der Waals surface area contributed by atoms with Crippen LogP contribution in [0.5, 0.6) is 0 Å². The van der Waals surface area contributed by atoms with Crippen LogP contribution in [0.2, 0.25) is 0 Å². The lowest BCUT2D eigenvalue weighted by molar-refractivity contribution is 0.207. The molecule has 0 amide bonds. The van der Waals surface area contributed by atoms with Crippen LogP contribution in [0.25, 0.3) is 5.65 Å². The number of likely N-dealkylation sites (tertiary alicyclic amines) is 1. The van der Waals surface area contributed by atoms with Gasteiger partial charge in [0.1, 0.15) is 11.5 Å². The van der Waals surface area contributed by atoms with Crippen LogP contribution in [0.15, 0.2) is 23.0 Å². The minimum atomic E-state index is 0.000383. The molecule has 1 aliphatic heterocycles. The summed E-state index contributed by atoms with van der Waals surface area (Å²) in [7, 11) is 2.15. The van der Waals surface area contributed by atoms with Crippen LogP contribution in [-0.4, -0.2) is 39.6 Å². The van der Waals surface area contributed by atoms with Crippen molar-refractivity contribution in [1.82, 2.24) is 19.5 Å². The Morgan fingerprint density at radius 3 is 3.22 bits per heavy atom. The van der Waals surface area contributed by atoms with Crippen molar-refractivity contribution >= 4 is 5.65 Å². The van der Waals surface area contributed by atoms with E-state index in [0.29, 0.717) is 5.92 Å². The number of hydrogen-bond donors (Lipinski definition) is 1. The van der Waals surface area contributed by atoms with Gasteiger partial charge in [-0.25, -0.2) is 4.40 Å². The lowest BCUT2D eigenvalue weighted by Gasteiger charge is -2.29. The summed E-state index contributed by atoms with van der Waals surface area (Å²) in [6.45, 7) is 2.27. The molecule has 18 heavy (non-hydrogen) atoms. The number of aromatic nitrogens is 3. The van der Waals surface area contributed by atoms with Gasteiger partial charge in [-0.2, -0.15) is 5.10 Å². The summed E-state index contributed by atoms with van der Waals surface area (Å²) in [6, 6.07) is 5.22. The second-order valence-electron chi connectivity index (χ2n) is 5.20. The Bertz CT molecular complexity index is 600. The van der Waals surface area contributed by atoms with E-state index in [4.69, 9.17) is 0 Å². The van der Waals surface area contributed by atoms with Crippen LogP contribution >= 0.6 is 0 Å². The number of pyridine rings is 1. The van der Waals surface area contributed by atoms with Gasteiger partial charge < -0.3 is 4.90 Å². The average molecular weight is 246 g/mol. The van der Waals surface area contributed by atoms with Crippen molar-refractivity contribution in [2.75, 3.05) is 20.1 Å². The maximum atomic E-state index is 11.9. The molecule has 96 valence electrons. The minimum absolute atomic E-state index is 0.000383. The standard InChI is InChI=1S/C13H18N4O/c1-16-7-3-4-10(9-16)8-12-15-14-11-5-2-6-13(18)17(11)12/h2,5-6,10,14H,3-4,7-9H2,1H3. The summed E-state index contributed by atoms with van der Waals surface area (Å²) in [6.07, 6.45) is 3.33. The van der Waals surface area contributed by atoms with Gasteiger partial charge in [0.15, 0.2) is 0 Å². The SMILES string of the molecule is CN1CCCC(Cc2n[nH]c3cccc(=O)n23)C1. The third-order valence-electron chi connectivity index (χ3n) is 3.71. The fraction of sp³-hybridized carbons (Fsp3) is 0.538. The van der Waals surface area contributed by atoms with Gasteiger partial charge in [-0.15, -0.1) is 0 Å². The first-order valence-electron chi connectivity index (χ1n) is 6.47. The molecule has 5 heteroatoms. The second-order valence-corrected chi connectivity index (χ2v) is 5.20. The van der Waals surface area contributed by atoms with Gasteiger partial charge in [0, 0.05) is 19.0 Å². The fourth-order valence-electron chi connectivity index (χ4n) is 2.85. The van der Waals surface area contributed by atoms with Gasteiger partial charge in [0.2, 0.25) is 0 Å². The van der Waals surface area contributed by atoms with E-state index in [1.54, 1.807) is 16.5 Å². The van der Waals surface area contributed by atoms with Crippen LogP contribution in [-0.2, 0) is 6.42 Å². The topological polar surface area (TPSA) is 53.4 Å². The van der Waals surface area contributed by atoms with E-state index in [0.717, 1.165) is 24.4 Å². The Kier molecular flexibility index (Phi) is 2.91. The molecule has 1 atom stereocenters. The predicted octanol–water partition coefficient (Wildman–Crippen LogP) is 0.907. The molecule has 0 bridgehead atoms. The maximum absolute atomic E-state index is 11.9. The predicted molar refractivity (Wildman–Crippen MR) is 69.7 cm³/mol. The highest BCUT2D eigenvalue weighted by Crippen LogP contribution is 2.18. The number of nitrogens with zero attached hydrogens (tertiary/aromatic N) is 3. The summed E-state index contributed by atoms with van der Waals surface area (Å²) >= 11 is 0. The molecule has 3 rings (SSSR count). The number of hydrogen-bond acceptors (Lipinski definition) is 3. The van der Waals surface area contributed by atoms with Gasteiger partial charge >= 0.3 is 0 Å². The zero-order valence-corrected chi connectivity index (χ0v) is 10.6. The van der Waals surface area contributed by atoms with Crippen molar-refractivity contribution in [3.05, 3.63) is 34.4 Å². The van der Waals surface area contributed by atoms with Crippen LogP contribution in [0, 0.1) is 5.92 Å². The molecule has 0 spiro atoms. The monoisotopic (exact) mass is 246 g/mol. The van der Waals surface area contributed by atoms with Crippen molar-refractivity contribution in [1.29, 1.82) is 0 Å². The molecule has 1 saturated heterocycles. The highest BCUT2D eigenvalue weighted by Gasteiger charge is 2.20. The summed E-state index contributed by atoms with van der Waals surface area (Å²) in [5.74, 6) is 1.46. The summed E-state index contributed by atoms with van der Waals surface area (Å²) in [5.41, 5.74) is 0.780. The molecule has 1 aliphatic rings. The quantitative estimate of drug-likeness (QED) is 0.857.